The molecule has 9 heteroatoms. The summed E-state index contributed by atoms with van der Waals surface area (Å²) in [4.78, 5) is 20.8. The molecule has 0 saturated heterocycles. The second-order valence-corrected chi connectivity index (χ2v) is 6.36. The minimum Gasteiger partial charge on any atom is -0.495 e. The first-order valence-corrected chi connectivity index (χ1v) is 8.63. The number of rotatable bonds is 6. The van der Waals surface area contributed by atoms with Crippen molar-refractivity contribution in [2.75, 3.05) is 12.4 Å². The summed E-state index contributed by atoms with van der Waals surface area (Å²) in [6, 6.07) is 6.34. The van der Waals surface area contributed by atoms with E-state index in [2.05, 4.69) is 25.8 Å². The highest BCUT2D eigenvalue weighted by atomic mass is 19.1. The summed E-state index contributed by atoms with van der Waals surface area (Å²) in [5.74, 6) is 0.448. The maximum atomic E-state index is 13.5. The van der Waals surface area contributed by atoms with Gasteiger partial charge in [0.05, 0.1) is 12.8 Å². The maximum absolute atomic E-state index is 13.5. The molecule has 2 heterocycles. The van der Waals surface area contributed by atoms with Gasteiger partial charge in [0, 0.05) is 24.0 Å². The normalized spacial score (nSPS) is 11.9. The number of hydrogen-bond donors (Lipinski definition) is 2. The minimum atomic E-state index is -0.552. The molecular weight excluding hydrogens is 365 g/mol. The highest BCUT2D eigenvalue weighted by Gasteiger charge is 2.25. The molecule has 0 aliphatic rings. The van der Waals surface area contributed by atoms with Crippen LogP contribution in [-0.4, -0.2) is 28.3 Å². The third kappa shape index (κ3) is 4.43. The van der Waals surface area contributed by atoms with Crippen molar-refractivity contribution in [1.29, 1.82) is 0 Å². The first kappa shape index (κ1) is 19.3. The summed E-state index contributed by atoms with van der Waals surface area (Å²) in [5, 5.41) is 9.31. The predicted octanol–water partition coefficient (Wildman–Crippen LogP) is 3.80. The van der Waals surface area contributed by atoms with Gasteiger partial charge in [-0.1, -0.05) is 19.0 Å². The van der Waals surface area contributed by atoms with E-state index in [1.807, 2.05) is 19.9 Å². The Morgan fingerprint density at radius 1 is 1.29 bits per heavy atom. The Balaban J connectivity index is 1.76. The molecule has 0 fully saturated rings. The molecule has 1 unspecified atom stereocenters. The number of halogens is 1. The van der Waals surface area contributed by atoms with Crippen molar-refractivity contribution in [2.24, 2.45) is 5.92 Å². The Labute approximate surface area is 161 Å². The van der Waals surface area contributed by atoms with Crippen LogP contribution >= 0.6 is 0 Å². The van der Waals surface area contributed by atoms with E-state index in [1.165, 1.54) is 25.3 Å². The van der Waals surface area contributed by atoms with Gasteiger partial charge in [0.1, 0.15) is 17.6 Å². The van der Waals surface area contributed by atoms with Gasteiger partial charge >= 0.3 is 6.03 Å². The Morgan fingerprint density at radius 2 is 2.11 bits per heavy atom. The van der Waals surface area contributed by atoms with Crippen LogP contribution in [0.5, 0.6) is 5.75 Å². The lowest BCUT2D eigenvalue weighted by Gasteiger charge is -2.19. The number of aromatic nitrogens is 3. The average molecular weight is 385 g/mol. The smallest absolute Gasteiger partial charge is 0.320 e. The van der Waals surface area contributed by atoms with E-state index in [9.17, 15) is 9.18 Å². The number of pyridine rings is 1. The van der Waals surface area contributed by atoms with E-state index >= 15 is 0 Å². The third-order valence-electron chi connectivity index (χ3n) is 3.99. The molecule has 28 heavy (non-hydrogen) atoms. The number of hydrogen-bond acceptors (Lipinski definition) is 6. The molecule has 0 saturated carbocycles. The van der Waals surface area contributed by atoms with Gasteiger partial charge < -0.3 is 19.9 Å². The fourth-order valence-corrected chi connectivity index (χ4v) is 2.56. The monoisotopic (exact) mass is 385 g/mol. The van der Waals surface area contributed by atoms with Crippen LogP contribution < -0.4 is 15.4 Å². The quantitative estimate of drug-likeness (QED) is 0.669. The Morgan fingerprint density at radius 3 is 2.79 bits per heavy atom. The fraction of sp³-hybridized carbons (Fsp3) is 0.263. The molecule has 2 N–H and O–H groups in total. The summed E-state index contributed by atoms with van der Waals surface area (Å²) < 4.78 is 24.0. The first-order valence-electron chi connectivity index (χ1n) is 8.63. The second-order valence-electron chi connectivity index (χ2n) is 6.36. The Bertz CT molecular complexity index is 946. The molecule has 3 aromatic rings. The van der Waals surface area contributed by atoms with Crippen LogP contribution in [-0.2, 0) is 0 Å². The van der Waals surface area contributed by atoms with Crippen LogP contribution in [0.2, 0.25) is 0 Å². The number of urea groups is 1. The van der Waals surface area contributed by atoms with Crippen LogP contribution in [0.4, 0.5) is 14.9 Å². The van der Waals surface area contributed by atoms with Crippen molar-refractivity contribution < 1.29 is 18.4 Å². The number of ether oxygens (including phenoxy) is 1. The van der Waals surface area contributed by atoms with Gasteiger partial charge in [-0.3, -0.25) is 4.98 Å². The molecular formula is C19H20FN5O3. The van der Waals surface area contributed by atoms with Gasteiger partial charge in [-0.2, -0.15) is 4.98 Å². The summed E-state index contributed by atoms with van der Waals surface area (Å²) in [6.45, 7) is 3.81. The summed E-state index contributed by atoms with van der Waals surface area (Å²) in [7, 11) is 1.44. The van der Waals surface area contributed by atoms with E-state index in [0.29, 0.717) is 17.1 Å². The molecule has 1 atom stereocenters. The van der Waals surface area contributed by atoms with Crippen LogP contribution in [0.25, 0.3) is 11.4 Å². The lowest BCUT2D eigenvalue weighted by molar-refractivity contribution is 0.235. The van der Waals surface area contributed by atoms with E-state index in [0.717, 1.165) is 0 Å². The average Bonchev–Trinajstić information content (AvgIpc) is 3.16. The molecule has 146 valence electrons. The fourth-order valence-electron chi connectivity index (χ4n) is 2.56. The molecule has 0 spiro atoms. The number of anilines is 1. The topological polar surface area (TPSA) is 102 Å². The number of benzene rings is 1. The zero-order valence-corrected chi connectivity index (χ0v) is 15.6. The Hall–Kier alpha value is -3.49. The zero-order chi connectivity index (χ0) is 20.1. The first-order chi connectivity index (χ1) is 13.5. The largest absolute Gasteiger partial charge is 0.495 e. The summed E-state index contributed by atoms with van der Waals surface area (Å²) >= 11 is 0. The molecule has 8 nitrogen and oxygen atoms in total. The van der Waals surface area contributed by atoms with Gasteiger partial charge in [0.25, 0.3) is 0 Å². The number of carbonyl (C=O) groups excluding carboxylic acids is 1. The third-order valence-corrected chi connectivity index (χ3v) is 3.99. The number of nitrogens with one attached hydrogen (secondary N) is 2. The lowest BCUT2D eigenvalue weighted by atomic mass is 10.0. The van der Waals surface area contributed by atoms with Crippen LogP contribution in [0.15, 0.2) is 47.2 Å². The zero-order valence-electron chi connectivity index (χ0n) is 15.6. The number of nitrogens with zero attached hydrogens (tertiary/aromatic N) is 3. The SMILES string of the molecule is COc1ccc(F)cc1NC(=O)NC(c1nc(-c2cccnc2)no1)C(C)C. The van der Waals surface area contributed by atoms with E-state index in [4.69, 9.17) is 9.26 Å². The minimum absolute atomic E-state index is 0.0395. The van der Waals surface area contributed by atoms with Gasteiger partial charge in [-0.25, -0.2) is 9.18 Å². The molecule has 0 bridgehead atoms. The van der Waals surface area contributed by atoms with Crippen molar-refractivity contribution in [3.8, 4) is 17.1 Å². The molecule has 1 aromatic carbocycles. The highest BCUT2D eigenvalue weighted by Crippen LogP contribution is 2.26. The molecule has 3 rings (SSSR count). The number of carbonyl (C=O) groups is 1. The number of amides is 2. The van der Waals surface area contributed by atoms with Gasteiger partial charge in [-0.05, 0) is 30.2 Å². The number of methoxy groups -OCH3 is 1. The van der Waals surface area contributed by atoms with Crippen LogP contribution in [0, 0.1) is 11.7 Å². The predicted molar refractivity (Wildman–Crippen MR) is 100 cm³/mol. The van der Waals surface area contributed by atoms with Crippen molar-refractivity contribution in [2.45, 2.75) is 19.9 Å². The standard InChI is InChI=1S/C19H20FN5O3/c1-11(2)16(18-24-17(25-28-18)12-5-4-8-21-10-12)23-19(26)22-14-9-13(20)6-7-15(14)27-3/h4-11,16H,1-3H3,(H2,22,23,26). The van der Waals surface area contributed by atoms with Gasteiger partial charge in [-0.15, -0.1) is 0 Å². The van der Waals surface area contributed by atoms with Gasteiger partial charge in [0.2, 0.25) is 11.7 Å². The van der Waals surface area contributed by atoms with E-state index in [-0.39, 0.29) is 17.5 Å². The molecule has 0 aliphatic carbocycles. The van der Waals surface area contributed by atoms with Crippen LogP contribution in [0.1, 0.15) is 25.8 Å². The van der Waals surface area contributed by atoms with Crippen LogP contribution in [0.3, 0.4) is 0 Å². The lowest BCUT2D eigenvalue weighted by Crippen LogP contribution is -2.35. The van der Waals surface area contributed by atoms with Crippen molar-refractivity contribution >= 4 is 11.7 Å². The van der Waals surface area contributed by atoms with E-state index < -0.39 is 17.9 Å². The summed E-state index contributed by atoms with van der Waals surface area (Å²) in [6.07, 6.45) is 3.27. The molecule has 2 amide bonds. The summed E-state index contributed by atoms with van der Waals surface area (Å²) in [5.41, 5.74) is 0.915. The molecule has 2 aromatic heterocycles. The van der Waals surface area contributed by atoms with Crippen molar-refractivity contribution in [3.05, 3.63) is 54.4 Å². The van der Waals surface area contributed by atoms with E-state index in [1.54, 1.807) is 18.5 Å². The van der Waals surface area contributed by atoms with Gasteiger partial charge in [0.15, 0.2) is 0 Å². The molecule has 0 radical (unpaired) electrons. The Kier molecular flexibility index (Phi) is 5.83. The van der Waals surface area contributed by atoms with Crippen molar-refractivity contribution in [1.82, 2.24) is 20.4 Å². The maximum Gasteiger partial charge on any atom is 0.320 e. The van der Waals surface area contributed by atoms with Crippen molar-refractivity contribution in [3.63, 3.8) is 0 Å². The molecule has 0 aliphatic heterocycles. The second kappa shape index (κ2) is 8.47. The highest BCUT2D eigenvalue weighted by molar-refractivity contribution is 5.91.